The summed E-state index contributed by atoms with van der Waals surface area (Å²) in [7, 11) is 1.63. The average Bonchev–Trinajstić information content (AvgIpc) is 3.33. The van der Waals surface area contributed by atoms with Crippen molar-refractivity contribution in [3.05, 3.63) is 47.8 Å². The largest absolute Gasteiger partial charge is 0.496 e. The second kappa shape index (κ2) is 7.38. The molecule has 0 saturated carbocycles. The summed E-state index contributed by atoms with van der Waals surface area (Å²) in [5.74, 6) is 1.54. The van der Waals surface area contributed by atoms with Gasteiger partial charge in [0, 0.05) is 43.3 Å². The topological polar surface area (TPSA) is 83.8 Å². The van der Waals surface area contributed by atoms with Crippen molar-refractivity contribution in [1.82, 2.24) is 19.5 Å². The van der Waals surface area contributed by atoms with Crippen LogP contribution < -0.4 is 15.4 Å². The van der Waals surface area contributed by atoms with E-state index < -0.39 is 0 Å². The molecule has 0 spiro atoms. The van der Waals surface area contributed by atoms with E-state index in [0.717, 1.165) is 40.4 Å². The van der Waals surface area contributed by atoms with E-state index in [-0.39, 0.29) is 12.1 Å². The number of urea groups is 1. The molecule has 3 aromatic rings. The van der Waals surface area contributed by atoms with Crippen LogP contribution in [0.1, 0.15) is 17.5 Å². The van der Waals surface area contributed by atoms with Crippen LogP contribution in [0.5, 0.6) is 5.75 Å². The third kappa shape index (κ3) is 3.58. The smallest absolute Gasteiger partial charge is 0.321 e. The van der Waals surface area contributed by atoms with Crippen LogP contribution >= 0.6 is 0 Å². The van der Waals surface area contributed by atoms with E-state index in [9.17, 15) is 4.79 Å². The standard InChI is InChI=1S/C20H24N6O2/c1-13-10-14(2)17(28-3)11-16(13)23-20(27)25-8-6-15(12-25)22-18-4-5-19-21-7-9-26(19)24-18/h4-5,7,9-11,15H,6,8,12H2,1-3H3,(H,22,24)(H,23,27). The molecule has 1 unspecified atom stereocenters. The Labute approximate surface area is 163 Å². The number of ether oxygens (including phenoxy) is 1. The molecule has 1 aliphatic heterocycles. The monoisotopic (exact) mass is 380 g/mol. The van der Waals surface area contributed by atoms with Gasteiger partial charge in [-0.2, -0.15) is 0 Å². The van der Waals surface area contributed by atoms with E-state index >= 15 is 0 Å². The molecule has 2 N–H and O–H groups in total. The Hall–Kier alpha value is -3.29. The zero-order valence-electron chi connectivity index (χ0n) is 16.3. The van der Waals surface area contributed by atoms with Crippen LogP contribution in [-0.2, 0) is 0 Å². The fraction of sp³-hybridized carbons (Fsp3) is 0.350. The number of aromatic nitrogens is 3. The summed E-state index contributed by atoms with van der Waals surface area (Å²) in [5, 5.41) is 10.9. The maximum Gasteiger partial charge on any atom is 0.321 e. The minimum Gasteiger partial charge on any atom is -0.496 e. The number of carbonyl (C=O) groups excluding carboxylic acids is 1. The lowest BCUT2D eigenvalue weighted by atomic mass is 10.1. The van der Waals surface area contributed by atoms with E-state index in [1.807, 2.05) is 49.2 Å². The van der Waals surface area contributed by atoms with Crippen molar-refractivity contribution in [2.75, 3.05) is 30.8 Å². The number of likely N-dealkylation sites (tertiary alicyclic amines) is 1. The number of fused-ring (bicyclic) bond motifs is 1. The number of imidazole rings is 1. The molecular formula is C20H24N6O2. The second-order valence-corrected chi connectivity index (χ2v) is 7.09. The Balaban J connectivity index is 1.39. The molecule has 1 fully saturated rings. The molecule has 0 bridgehead atoms. The summed E-state index contributed by atoms with van der Waals surface area (Å²) in [6.45, 7) is 5.29. The van der Waals surface area contributed by atoms with Gasteiger partial charge in [0.1, 0.15) is 11.6 Å². The third-order valence-corrected chi connectivity index (χ3v) is 5.07. The highest BCUT2D eigenvalue weighted by Gasteiger charge is 2.27. The molecule has 8 nitrogen and oxygen atoms in total. The van der Waals surface area contributed by atoms with Crippen molar-refractivity contribution in [2.45, 2.75) is 26.3 Å². The van der Waals surface area contributed by atoms with Gasteiger partial charge in [0.2, 0.25) is 0 Å². The van der Waals surface area contributed by atoms with Crippen LogP contribution in [0, 0.1) is 13.8 Å². The van der Waals surface area contributed by atoms with E-state index in [1.54, 1.807) is 17.8 Å². The number of anilines is 2. The maximum absolute atomic E-state index is 12.7. The molecule has 2 aromatic heterocycles. The van der Waals surface area contributed by atoms with Crippen LogP contribution in [0.15, 0.2) is 36.7 Å². The first-order valence-corrected chi connectivity index (χ1v) is 9.31. The quantitative estimate of drug-likeness (QED) is 0.727. The summed E-state index contributed by atoms with van der Waals surface area (Å²) in [4.78, 5) is 18.7. The molecule has 0 aliphatic carbocycles. The van der Waals surface area contributed by atoms with Crippen molar-refractivity contribution in [3.63, 3.8) is 0 Å². The molecule has 0 radical (unpaired) electrons. The first kappa shape index (κ1) is 18.1. The number of methoxy groups -OCH3 is 1. The molecule has 3 heterocycles. The van der Waals surface area contributed by atoms with Gasteiger partial charge in [-0.1, -0.05) is 6.07 Å². The minimum atomic E-state index is -0.101. The Morgan fingerprint density at radius 1 is 1.25 bits per heavy atom. The van der Waals surface area contributed by atoms with Crippen molar-refractivity contribution < 1.29 is 9.53 Å². The van der Waals surface area contributed by atoms with Crippen LogP contribution in [-0.4, -0.2) is 51.8 Å². The number of amides is 2. The number of hydrogen-bond acceptors (Lipinski definition) is 5. The molecule has 146 valence electrons. The van der Waals surface area contributed by atoms with Gasteiger partial charge in [-0.15, -0.1) is 5.10 Å². The molecule has 1 saturated heterocycles. The van der Waals surface area contributed by atoms with Crippen LogP contribution in [0.25, 0.3) is 5.65 Å². The molecule has 28 heavy (non-hydrogen) atoms. The number of benzene rings is 1. The van der Waals surface area contributed by atoms with Crippen LogP contribution in [0.3, 0.4) is 0 Å². The van der Waals surface area contributed by atoms with Gasteiger partial charge in [0.15, 0.2) is 5.65 Å². The van der Waals surface area contributed by atoms with E-state index in [2.05, 4.69) is 20.7 Å². The second-order valence-electron chi connectivity index (χ2n) is 7.09. The fourth-order valence-corrected chi connectivity index (χ4v) is 3.55. The van der Waals surface area contributed by atoms with Crippen molar-refractivity contribution >= 4 is 23.2 Å². The van der Waals surface area contributed by atoms with Gasteiger partial charge in [0.05, 0.1) is 7.11 Å². The van der Waals surface area contributed by atoms with Gasteiger partial charge in [-0.05, 0) is 43.5 Å². The summed E-state index contributed by atoms with van der Waals surface area (Å²) in [5.41, 5.74) is 3.64. The zero-order valence-corrected chi connectivity index (χ0v) is 16.3. The van der Waals surface area contributed by atoms with Gasteiger partial charge < -0.3 is 20.3 Å². The lowest BCUT2D eigenvalue weighted by molar-refractivity contribution is 0.222. The summed E-state index contributed by atoms with van der Waals surface area (Å²) in [6.07, 6.45) is 4.40. The average molecular weight is 380 g/mol. The van der Waals surface area contributed by atoms with Gasteiger partial charge in [-0.25, -0.2) is 14.3 Å². The van der Waals surface area contributed by atoms with Crippen molar-refractivity contribution in [2.24, 2.45) is 0 Å². The predicted molar refractivity (Wildman–Crippen MR) is 108 cm³/mol. The first-order chi connectivity index (χ1) is 13.5. The van der Waals surface area contributed by atoms with E-state index in [1.165, 1.54) is 0 Å². The Morgan fingerprint density at radius 3 is 2.93 bits per heavy atom. The summed E-state index contributed by atoms with van der Waals surface area (Å²) in [6, 6.07) is 7.78. The number of hydrogen-bond donors (Lipinski definition) is 2. The molecule has 1 aliphatic rings. The maximum atomic E-state index is 12.7. The Kier molecular flexibility index (Phi) is 4.77. The normalized spacial score (nSPS) is 16.4. The fourth-order valence-electron chi connectivity index (χ4n) is 3.55. The number of aryl methyl sites for hydroxylation is 2. The number of rotatable bonds is 4. The van der Waals surface area contributed by atoms with E-state index in [4.69, 9.17) is 4.74 Å². The summed E-state index contributed by atoms with van der Waals surface area (Å²) < 4.78 is 7.10. The summed E-state index contributed by atoms with van der Waals surface area (Å²) >= 11 is 0. The van der Waals surface area contributed by atoms with Crippen molar-refractivity contribution in [3.8, 4) is 5.75 Å². The highest BCUT2D eigenvalue weighted by atomic mass is 16.5. The molecule has 1 aromatic carbocycles. The lowest BCUT2D eigenvalue weighted by Crippen LogP contribution is -2.35. The highest BCUT2D eigenvalue weighted by Crippen LogP contribution is 2.27. The van der Waals surface area contributed by atoms with Crippen LogP contribution in [0.2, 0.25) is 0 Å². The number of carbonyl (C=O) groups is 1. The Bertz CT molecular complexity index is 1020. The molecule has 4 rings (SSSR count). The highest BCUT2D eigenvalue weighted by molar-refractivity contribution is 5.90. The first-order valence-electron chi connectivity index (χ1n) is 9.31. The zero-order chi connectivity index (χ0) is 19.7. The molecule has 2 amide bonds. The molecule has 1 atom stereocenters. The number of nitrogens with zero attached hydrogens (tertiary/aromatic N) is 4. The van der Waals surface area contributed by atoms with Crippen LogP contribution in [0.4, 0.5) is 16.3 Å². The van der Waals surface area contributed by atoms with E-state index in [0.29, 0.717) is 13.1 Å². The molecular weight excluding hydrogens is 356 g/mol. The third-order valence-electron chi connectivity index (χ3n) is 5.07. The predicted octanol–water partition coefficient (Wildman–Crippen LogP) is 3.07. The van der Waals surface area contributed by atoms with Crippen molar-refractivity contribution in [1.29, 1.82) is 0 Å². The minimum absolute atomic E-state index is 0.101. The number of nitrogens with one attached hydrogen (secondary N) is 2. The van der Waals surface area contributed by atoms with Gasteiger partial charge >= 0.3 is 6.03 Å². The Morgan fingerprint density at radius 2 is 2.11 bits per heavy atom. The molecule has 8 heteroatoms. The SMILES string of the molecule is COc1cc(NC(=O)N2CCC(Nc3ccc4nccn4n3)C2)c(C)cc1C. The lowest BCUT2D eigenvalue weighted by Gasteiger charge is -2.19. The van der Waals surface area contributed by atoms with Gasteiger partial charge in [0.25, 0.3) is 0 Å². The van der Waals surface area contributed by atoms with Gasteiger partial charge in [-0.3, -0.25) is 0 Å².